The van der Waals surface area contributed by atoms with E-state index in [4.69, 9.17) is 11.6 Å². The molecule has 1 heterocycles. The van der Waals surface area contributed by atoms with Crippen LogP contribution in [0.4, 0.5) is 0 Å². The first-order valence-corrected chi connectivity index (χ1v) is 7.71. The Bertz CT molecular complexity index is 805. The lowest BCUT2D eigenvalue weighted by Crippen LogP contribution is -2.20. The van der Waals surface area contributed by atoms with E-state index in [2.05, 4.69) is 15.5 Å². The minimum Gasteiger partial charge on any atom is -0.267 e. The van der Waals surface area contributed by atoms with Crippen LogP contribution in [-0.4, -0.2) is 16.6 Å². The molecule has 1 aromatic heterocycles. The number of rotatable bonds is 4. The molecule has 3 rings (SSSR count). The monoisotopic (exact) mass is 335 g/mol. The zero-order valence-corrected chi connectivity index (χ0v) is 13.4. The molecule has 0 spiro atoms. The van der Waals surface area contributed by atoms with Crippen molar-refractivity contribution in [2.75, 3.05) is 0 Å². The molecule has 1 amide bonds. The molecule has 0 aliphatic rings. The molecule has 0 aliphatic carbocycles. The first-order chi connectivity index (χ1) is 11.7. The number of amides is 1. The van der Waals surface area contributed by atoms with Gasteiger partial charge in [0.1, 0.15) is 0 Å². The van der Waals surface area contributed by atoms with E-state index < -0.39 is 0 Å². The lowest BCUT2D eigenvalue weighted by Gasteiger charge is -2.07. The van der Waals surface area contributed by atoms with Crippen LogP contribution >= 0.6 is 11.6 Å². The van der Waals surface area contributed by atoms with E-state index >= 15 is 0 Å². The van der Waals surface area contributed by atoms with Crippen LogP contribution in [0.2, 0.25) is 5.02 Å². The van der Waals surface area contributed by atoms with Crippen molar-refractivity contribution in [3.05, 3.63) is 101 Å². The average molecular weight is 336 g/mol. The van der Waals surface area contributed by atoms with Gasteiger partial charge >= 0.3 is 0 Å². The normalized spacial score (nSPS) is 11.1. The van der Waals surface area contributed by atoms with Gasteiger partial charge in [-0.2, -0.15) is 5.10 Å². The Hall–Kier alpha value is -2.98. The van der Waals surface area contributed by atoms with Crippen LogP contribution in [0.5, 0.6) is 0 Å². The Morgan fingerprint density at radius 3 is 2.25 bits per heavy atom. The lowest BCUT2D eigenvalue weighted by molar-refractivity contribution is 0.0955. The Kier molecular flexibility index (Phi) is 4.99. The maximum atomic E-state index is 12.2. The van der Waals surface area contributed by atoms with Gasteiger partial charge in [-0.1, -0.05) is 41.9 Å². The van der Waals surface area contributed by atoms with Gasteiger partial charge in [-0.25, -0.2) is 5.43 Å². The maximum Gasteiger partial charge on any atom is 0.271 e. The van der Waals surface area contributed by atoms with Crippen molar-refractivity contribution < 1.29 is 4.79 Å². The number of hydrogen-bond donors (Lipinski definition) is 1. The largest absolute Gasteiger partial charge is 0.271 e. The lowest BCUT2D eigenvalue weighted by atomic mass is 10.0. The topological polar surface area (TPSA) is 54.4 Å². The fourth-order valence-electron chi connectivity index (χ4n) is 2.17. The number of pyridine rings is 1. The molecule has 0 atom stereocenters. The highest BCUT2D eigenvalue weighted by molar-refractivity contribution is 6.30. The number of nitrogens with zero attached hydrogens (tertiary/aromatic N) is 2. The molecule has 1 N–H and O–H groups in total. The number of carbonyl (C=O) groups is 1. The smallest absolute Gasteiger partial charge is 0.267 e. The minimum absolute atomic E-state index is 0.302. The van der Waals surface area contributed by atoms with Gasteiger partial charge in [0.25, 0.3) is 5.91 Å². The fourth-order valence-corrected chi connectivity index (χ4v) is 2.29. The summed E-state index contributed by atoms with van der Waals surface area (Å²) < 4.78 is 0. The molecular weight excluding hydrogens is 322 g/mol. The molecule has 0 fully saturated rings. The molecular formula is C19H14ClN3O. The van der Waals surface area contributed by atoms with Crippen LogP contribution in [0.25, 0.3) is 0 Å². The van der Waals surface area contributed by atoms with Crippen molar-refractivity contribution >= 4 is 23.2 Å². The highest BCUT2D eigenvalue weighted by Gasteiger charge is 2.09. The summed E-state index contributed by atoms with van der Waals surface area (Å²) in [5, 5.41) is 4.89. The predicted molar refractivity (Wildman–Crippen MR) is 95.2 cm³/mol. The van der Waals surface area contributed by atoms with Gasteiger partial charge in [0.2, 0.25) is 0 Å². The van der Waals surface area contributed by atoms with Gasteiger partial charge in [0, 0.05) is 34.1 Å². The van der Waals surface area contributed by atoms with Crippen molar-refractivity contribution in [1.82, 2.24) is 10.4 Å². The van der Waals surface area contributed by atoms with Crippen LogP contribution in [0.3, 0.4) is 0 Å². The molecule has 118 valence electrons. The van der Waals surface area contributed by atoms with Crippen LogP contribution < -0.4 is 5.43 Å². The second-order valence-corrected chi connectivity index (χ2v) is 5.45. The van der Waals surface area contributed by atoms with Gasteiger partial charge in [0.15, 0.2) is 0 Å². The van der Waals surface area contributed by atoms with Crippen molar-refractivity contribution in [3.8, 4) is 0 Å². The maximum absolute atomic E-state index is 12.2. The molecule has 0 bridgehead atoms. The Balaban J connectivity index is 1.90. The molecule has 5 heteroatoms. The van der Waals surface area contributed by atoms with Crippen molar-refractivity contribution in [2.24, 2.45) is 5.10 Å². The fraction of sp³-hybridized carbons (Fsp3) is 0. The third-order valence-corrected chi connectivity index (χ3v) is 3.61. The summed E-state index contributed by atoms with van der Waals surface area (Å²) in [6, 6.07) is 20.0. The zero-order chi connectivity index (χ0) is 16.8. The van der Waals surface area contributed by atoms with Gasteiger partial charge in [-0.15, -0.1) is 0 Å². The van der Waals surface area contributed by atoms with Crippen molar-refractivity contribution in [3.63, 3.8) is 0 Å². The van der Waals surface area contributed by atoms with Crippen LogP contribution in [0, 0.1) is 0 Å². The molecule has 4 nitrogen and oxygen atoms in total. The number of halogens is 1. The van der Waals surface area contributed by atoms with E-state index in [1.807, 2.05) is 42.5 Å². The van der Waals surface area contributed by atoms with Crippen LogP contribution in [0.15, 0.2) is 84.2 Å². The SMILES string of the molecule is O=C(NN=C(c1ccccc1)c1cccnc1)c1ccc(Cl)cc1. The van der Waals surface area contributed by atoms with E-state index in [1.54, 1.807) is 36.7 Å². The number of hydrogen-bond acceptors (Lipinski definition) is 3. The van der Waals surface area contributed by atoms with E-state index in [0.717, 1.165) is 11.1 Å². The number of aromatic nitrogens is 1. The quantitative estimate of drug-likeness (QED) is 0.580. The molecule has 2 aromatic carbocycles. The van der Waals surface area contributed by atoms with Crippen molar-refractivity contribution in [1.29, 1.82) is 0 Å². The summed E-state index contributed by atoms with van der Waals surface area (Å²) in [6.45, 7) is 0. The van der Waals surface area contributed by atoms with E-state index in [9.17, 15) is 4.79 Å². The summed E-state index contributed by atoms with van der Waals surface area (Å²) in [6.07, 6.45) is 3.40. The number of benzene rings is 2. The molecule has 3 aromatic rings. The van der Waals surface area contributed by atoms with Gasteiger partial charge in [-0.3, -0.25) is 9.78 Å². The predicted octanol–water partition coefficient (Wildman–Crippen LogP) is 3.92. The molecule has 0 saturated heterocycles. The summed E-state index contributed by atoms with van der Waals surface area (Å²) in [4.78, 5) is 16.4. The highest BCUT2D eigenvalue weighted by Crippen LogP contribution is 2.11. The molecule has 24 heavy (non-hydrogen) atoms. The Morgan fingerprint density at radius 2 is 1.58 bits per heavy atom. The number of nitrogens with one attached hydrogen (secondary N) is 1. The molecule has 0 radical (unpaired) electrons. The van der Waals surface area contributed by atoms with E-state index in [1.165, 1.54) is 0 Å². The summed E-state index contributed by atoms with van der Waals surface area (Å²) in [5.74, 6) is -0.302. The van der Waals surface area contributed by atoms with Crippen molar-refractivity contribution in [2.45, 2.75) is 0 Å². The van der Waals surface area contributed by atoms with Gasteiger partial charge < -0.3 is 0 Å². The first kappa shape index (κ1) is 15.9. The van der Waals surface area contributed by atoms with Crippen LogP contribution in [0.1, 0.15) is 21.5 Å². The summed E-state index contributed by atoms with van der Waals surface area (Å²) in [7, 11) is 0. The van der Waals surface area contributed by atoms with Gasteiger partial charge in [-0.05, 0) is 36.4 Å². The van der Waals surface area contributed by atoms with Gasteiger partial charge in [0.05, 0.1) is 5.71 Å². The summed E-state index contributed by atoms with van der Waals surface area (Å²) >= 11 is 5.84. The highest BCUT2D eigenvalue weighted by atomic mass is 35.5. The Labute approximate surface area is 144 Å². The number of carbonyl (C=O) groups excluding carboxylic acids is 1. The molecule has 0 unspecified atom stereocenters. The third-order valence-electron chi connectivity index (χ3n) is 3.36. The van der Waals surface area contributed by atoms with E-state index in [-0.39, 0.29) is 5.91 Å². The zero-order valence-electron chi connectivity index (χ0n) is 12.7. The molecule has 0 aliphatic heterocycles. The van der Waals surface area contributed by atoms with Crippen LogP contribution in [-0.2, 0) is 0 Å². The standard InChI is InChI=1S/C19H14ClN3O/c20-17-10-8-15(9-11-17)19(24)23-22-18(14-5-2-1-3-6-14)16-7-4-12-21-13-16/h1-13H,(H,23,24). The first-order valence-electron chi connectivity index (χ1n) is 7.33. The Morgan fingerprint density at radius 1 is 0.875 bits per heavy atom. The second kappa shape index (κ2) is 7.53. The second-order valence-electron chi connectivity index (χ2n) is 5.02. The summed E-state index contributed by atoms with van der Waals surface area (Å²) in [5.41, 5.74) is 5.44. The minimum atomic E-state index is -0.302. The average Bonchev–Trinajstić information content (AvgIpc) is 2.64. The third kappa shape index (κ3) is 3.86. The number of hydrazone groups is 1. The van der Waals surface area contributed by atoms with E-state index in [0.29, 0.717) is 16.3 Å². The molecule has 0 saturated carbocycles.